The summed E-state index contributed by atoms with van der Waals surface area (Å²) >= 11 is 0. The first kappa shape index (κ1) is 13.7. The van der Waals surface area contributed by atoms with Crippen molar-refractivity contribution in [3.63, 3.8) is 0 Å². The van der Waals surface area contributed by atoms with E-state index >= 15 is 0 Å². The highest BCUT2D eigenvalue weighted by Crippen LogP contribution is 2.25. The molecule has 21 heavy (non-hydrogen) atoms. The van der Waals surface area contributed by atoms with Crippen LogP contribution >= 0.6 is 0 Å². The van der Waals surface area contributed by atoms with Gasteiger partial charge in [0.2, 0.25) is 11.8 Å². The molecule has 0 radical (unpaired) electrons. The topological polar surface area (TPSA) is 64.7 Å². The molecule has 3 rings (SSSR count). The van der Waals surface area contributed by atoms with Gasteiger partial charge in [0.1, 0.15) is 6.04 Å². The fourth-order valence-corrected chi connectivity index (χ4v) is 2.83. The molecule has 0 spiro atoms. The summed E-state index contributed by atoms with van der Waals surface area (Å²) in [6, 6.07) is 7.64. The van der Waals surface area contributed by atoms with Crippen LogP contribution in [0.5, 0.6) is 0 Å². The van der Waals surface area contributed by atoms with Crippen molar-refractivity contribution in [1.29, 1.82) is 0 Å². The molecule has 0 aromatic heterocycles. The van der Waals surface area contributed by atoms with E-state index in [1.54, 1.807) is 11.8 Å². The quantitative estimate of drug-likeness (QED) is 0.793. The first-order chi connectivity index (χ1) is 10.1. The molecular weight excluding hydrogens is 268 g/mol. The Morgan fingerprint density at radius 2 is 1.67 bits per heavy atom. The largest absolute Gasteiger partial charge is 0.381 e. The van der Waals surface area contributed by atoms with E-state index in [-0.39, 0.29) is 17.9 Å². The summed E-state index contributed by atoms with van der Waals surface area (Å²) in [7, 11) is 0. The van der Waals surface area contributed by atoms with Crippen molar-refractivity contribution in [1.82, 2.24) is 9.80 Å². The van der Waals surface area contributed by atoms with Crippen molar-refractivity contribution >= 4 is 23.2 Å². The van der Waals surface area contributed by atoms with Gasteiger partial charge in [0.05, 0.1) is 11.4 Å². The lowest BCUT2D eigenvalue weighted by Gasteiger charge is -2.37. The molecule has 0 bridgehead atoms. The Morgan fingerprint density at radius 1 is 1.05 bits per heavy atom. The van der Waals surface area contributed by atoms with Gasteiger partial charge in [-0.1, -0.05) is 12.1 Å². The van der Waals surface area contributed by atoms with Crippen LogP contribution in [0.15, 0.2) is 24.3 Å². The molecule has 0 aliphatic carbocycles. The van der Waals surface area contributed by atoms with Crippen LogP contribution in [0.25, 0.3) is 0 Å². The third-order valence-corrected chi connectivity index (χ3v) is 4.09. The van der Waals surface area contributed by atoms with Crippen LogP contribution in [-0.4, -0.2) is 60.4 Å². The molecule has 2 amide bonds. The van der Waals surface area contributed by atoms with Crippen molar-refractivity contribution in [2.75, 3.05) is 43.4 Å². The van der Waals surface area contributed by atoms with Crippen LogP contribution < -0.4 is 10.6 Å². The molecule has 1 aromatic rings. The average molecular weight is 288 g/mol. The number of piperazine rings is 1. The van der Waals surface area contributed by atoms with Gasteiger partial charge in [-0.15, -0.1) is 0 Å². The standard InChI is InChI=1S/C15H20N4O2/c1-11(20)18-6-8-19(9-7-18)15(21)14-10-16-12-4-2-3-5-13(12)17-14/h2-5,14,16-17H,6-10H2,1H3. The second-order valence-electron chi connectivity index (χ2n) is 5.45. The number of carbonyl (C=O) groups excluding carboxylic acids is 2. The highest BCUT2D eigenvalue weighted by Gasteiger charge is 2.30. The molecule has 1 fully saturated rings. The Bertz CT molecular complexity index is 552. The Balaban J connectivity index is 1.61. The molecule has 1 unspecified atom stereocenters. The van der Waals surface area contributed by atoms with Gasteiger partial charge in [0, 0.05) is 39.6 Å². The number of hydrogen-bond donors (Lipinski definition) is 2. The number of rotatable bonds is 1. The number of fused-ring (bicyclic) bond motifs is 1. The SMILES string of the molecule is CC(=O)N1CCN(C(=O)C2CNc3ccccc3N2)CC1. The molecular formula is C15H20N4O2. The lowest BCUT2D eigenvalue weighted by Crippen LogP contribution is -2.55. The fraction of sp³-hybridized carbons (Fsp3) is 0.467. The molecule has 1 aromatic carbocycles. The molecule has 0 saturated carbocycles. The maximum Gasteiger partial charge on any atom is 0.247 e. The van der Waals surface area contributed by atoms with Gasteiger partial charge < -0.3 is 20.4 Å². The van der Waals surface area contributed by atoms with Gasteiger partial charge in [0.25, 0.3) is 0 Å². The summed E-state index contributed by atoms with van der Waals surface area (Å²) in [5, 5.41) is 6.58. The molecule has 2 heterocycles. The Kier molecular flexibility index (Phi) is 3.68. The van der Waals surface area contributed by atoms with Gasteiger partial charge in [-0.05, 0) is 12.1 Å². The van der Waals surface area contributed by atoms with E-state index in [1.165, 1.54) is 0 Å². The van der Waals surface area contributed by atoms with Crippen molar-refractivity contribution in [3.05, 3.63) is 24.3 Å². The van der Waals surface area contributed by atoms with Crippen LogP contribution in [0.1, 0.15) is 6.92 Å². The second-order valence-corrected chi connectivity index (χ2v) is 5.45. The highest BCUT2D eigenvalue weighted by molar-refractivity contribution is 5.89. The van der Waals surface area contributed by atoms with E-state index in [2.05, 4.69) is 10.6 Å². The van der Waals surface area contributed by atoms with Crippen molar-refractivity contribution < 1.29 is 9.59 Å². The summed E-state index contributed by atoms with van der Waals surface area (Å²) in [4.78, 5) is 27.5. The smallest absolute Gasteiger partial charge is 0.247 e. The van der Waals surface area contributed by atoms with E-state index in [4.69, 9.17) is 0 Å². The molecule has 2 aliphatic heterocycles. The van der Waals surface area contributed by atoms with Crippen LogP contribution in [-0.2, 0) is 9.59 Å². The second kappa shape index (κ2) is 5.63. The summed E-state index contributed by atoms with van der Waals surface area (Å²) < 4.78 is 0. The first-order valence-corrected chi connectivity index (χ1v) is 7.29. The number of anilines is 2. The Hall–Kier alpha value is -2.24. The number of para-hydroxylation sites is 2. The highest BCUT2D eigenvalue weighted by atomic mass is 16.2. The lowest BCUT2D eigenvalue weighted by molar-refractivity contribution is -0.138. The van der Waals surface area contributed by atoms with Crippen molar-refractivity contribution in [2.45, 2.75) is 13.0 Å². The molecule has 1 saturated heterocycles. The minimum absolute atomic E-state index is 0.0773. The zero-order valence-electron chi connectivity index (χ0n) is 12.1. The van der Waals surface area contributed by atoms with Crippen LogP contribution in [0.3, 0.4) is 0 Å². The Labute approximate surface area is 124 Å². The number of nitrogens with zero attached hydrogens (tertiary/aromatic N) is 2. The summed E-state index contributed by atoms with van der Waals surface area (Å²) in [6.45, 7) is 4.62. The van der Waals surface area contributed by atoms with Crippen LogP contribution in [0.2, 0.25) is 0 Å². The predicted octanol–water partition coefficient (Wildman–Crippen LogP) is 0.583. The number of hydrogen-bond acceptors (Lipinski definition) is 4. The van der Waals surface area contributed by atoms with E-state index in [1.807, 2.05) is 29.2 Å². The molecule has 2 N–H and O–H groups in total. The first-order valence-electron chi connectivity index (χ1n) is 7.29. The number of nitrogens with one attached hydrogen (secondary N) is 2. The molecule has 112 valence electrons. The van der Waals surface area contributed by atoms with Crippen molar-refractivity contribution in [2.24, 2.45) is 0 Å². The molecule has 1 atom stereocenters. The molecule has 2 aliphatic rings. The third kappa shape index (κ3) is 2.79. The molecule has 6 nitrogen and oxygen atoms in total. The van der Waals surface area contributed by atoms with Crippen LogP contribution in [0.4, 0.5) is 11.4 Å². The summed E-state index contributed by atoms with van der Waals surface area (Å²) in [6.07, 6.45) is 0. The zero-order valence-corrected chi connectivity index (χ0v) is 12.1. The lowest BCUT2D eigenvalue weighted by atomic mass is 10.1. The maximum absolute atomic E-state index is 12.6. The van der Waals surface area contributed by atoms with Gasteiger partial charge in [-0.3, -0.25) is 9.59 Å². The summed E-state index contributed by atoms with van der Waals surface area (Å²) in [5.41, 5.74) is 1.99. The van der Waals surface area contributed by atoms with Gasteiger partial charge in [0.15, 0.2) is 0 Å². The van der Waals surface area contributed by atoms with Crippen molar-refractivity contribution in [3.8, 4) is 0 Å². The monoisotopic (exact) mass is 288 g/mol. The van der Waals surface area contributed by atoms with Crippen LogP contribution in [0, 0.1) is 0 Å². The number of benzene rings is 1. The van der Waals surface area contributed by atoms with E-state index in [0.717, 1.165) is 11.4 Å². The fourth-order valence-electron chi connectivity index (χ4n) is 2.83. The average Bonchev–Trinajstić information content (AvgIpc) is 2.54. The predicted molar refractivity (Wildman–Crippen MR) is 81.2 cm³/mol. The van der Waals surface area contributed by atoms with Gasteiger partial charge in [-0.25, -0.2) is 0 Å². The minimum atomic E-state index is -0.247. The third-order valence-electron chi connectivity index (χ3n) is 4.09. The van der Waals surface area contributed by atoms with Gasteiger partial charge in [-0.2, -0.15) is 0 Å². The van der Waals surface area contributed by atoms with E-state index < -0.39 is 0 Å². The minimum Gasteiger partial charge on any atom is -0.381 e. The van der Waals surface area contributed by atoms with E-state index in [0.29, 0.717) is 32.7 Å². The normalized spacial score (nSPS) is 21.1. The zero-order chi connectivity index (χ0) is 14.8. The Morgan fingerprint density at radius 3 is 2.33 bits per heavy atom. The number of carbonyl (C=O) groups is 2. The number of amides is 2. The maximum atomic E-state index is 12.6. The van der Waals surface area contributed by atoms with Gasteiger partial charge >= 0.3 is 0 Å². The van der Waals surface area contributed by atoms with E-state index in [9.17, 15) is 9.59 Å². The summed E-state index contributed by atoms with van der Waals surface area (Å²) in [5.74, 6) is 0.175. The molecule has 6 heteroatoms.